The molecule has 0 atom stereocenters. The lowest BCUT2D eigenvalue weighted by atomic mass is 10.1. The van der Waals surface area contributed by atoms with Crippen LogP contribution >= 0.6 is 0 Å². The number of rotatable bonds is 4. The van der Waals surface area contributed by atoms with Crippen LogP contribution in [0.3, 0.4) is 0 Å². The molecule has 1 heterocycles. The van der Waals surface area contributed by atoms with Crippen LogP contribution in [-0.4, -0.2) is 20.6 Å². The van der Waals surface area contributed by atoms with Crippen LogP contribution in [0.5, 0.6) is 0 Å². The summed E-state index contributed by atoms with van der Waals surface area (Å²) in [6.07, 6.45) is 2.99. The Morgan fingerprint density at radius 1 is 0.933 bits per heavy atom. The van der Waals surface area contributed by atoms with E-state index in [0.717, 1.165) is 12.1 Å². The van der Waals surface area contributed by atoms with E-state index in [0.29, 0.717) is 22.2 Å². The molecule has 1 aromatic heterocycles. The van der Waals surface area contributed by atoms with Gasteiger partial charge in [-0.05, 0) is 54.1 Å². The van der Waals surface area contributed by atoms with Gasteiger partial charge < -0.3 is 5.11 Å². The van der Waals surface area contributed by atoms with Gasteiger partial charge in [-0.1, -0.05) is 30.3 Å². The second kappa shape index (κ2) is 7.71. The van der Waals surface area contributed by atoms with E-state index < -0.39 is 17.6 Å². The van der Waals surface area contributed by atoms with Gasteiger partial charge >= 0.3 is 5.97 Å². The Bertz CT molecular complexity index is 1380. The van der Waals surface area contributed by atoms with Crippen molar-refractivity contribution in [3.8, 4) is 5.69 Å². The molecule has 4 rings (SSSR count). The summed E-state index contributed by atoms with van der Waals surface area (Å²) in [6.45, 7) is 0. The zero-order valence-electron chi connectivity index (χ0n) is 15.4. The Labute approximate surface area is 169 Å². The lowest BCUT2D eigenvalue weighted by Gasteiger charge is -2.12. The van der Waals surface area contributed by atoms with Crippen molar-refractivity contribution in [2.45, 2.75) is 0 Å². The van der Waals surface area contributed by atoms with E-state index in [1.165, 1.54) is 41.0 Å². The highest BCUT2D eigenvalue weighted by molar-refractivity contribution is 5.88. The topological polar surface area (TPSA) is 72.2 Å². The molecule has 7 heteroatoms. The predicted molar refractivity (Wildman–Crippen MR) is 110 cm³/mol. The Kier molecular flexibility index (Phi) is 4.93. The summed E-state index contributed by atoms with van der Waals surface area (Å²) in [5.74, 6) is -2.86. The van der Waals surface area contributed by atoms with Crippen molar-refractivity contribution in [1.29, 1.82) is 0 Å². The summed E-state index contributed by atoms with van der Waals surface area (Å²) in [5, 5.41) is 9.65. The van der Waals surface area contributed by atoms with Gasteiger partial charge in [0.05, 0.1) is 22.2 Å². The number of nitrogens with zero attached hydrogens (tertiary/aromatic N) is 2. The molecular weight excluding hydrogens is 390 g/mol. The van der Waals surface area contributed by atoms with Gasteiger partial charge in [-0.25, -0.2) is 18.6 Å². The standard InChI is InChI=1S/C23H14F2N2O3/c24-18-10-8-14(12-19(18)25)9-11-21-26-20-7-2-1-6-17(20)22(28)27(21)16-5-3-4-15(13-16)23(29)30/h1-13H,(H,29,30)/b11-9-. The number of carboxylic acid groups (broad SMARTS) is 1. The number of aromatic carboxylic acids is 1. The SMILES string of the molecule is O=C(O)c1cccc(-n2c(/C=C\c3ccc(F)c(F)c3)nc3ccccc3c2=O)c1. The van der Waals surface area contributed by atoms with Gasteiger partial charge in [0.25, 0.3) is 5.56 Å². The fourth-order valence-electron chi connectivity index (χ4n) is 3.08. The normalized spacial score (nSPS) is 11.3. The molecule has 0 amide bonds. The minimum absolute atomic E-state index is 0.0168. The second-order valence-corrected chi connectivity index (χ2v) is 6.49. The van der Waals surface area contributed by atoms with Crippen LogP contribution in [0.15, 0.2) is 71.5 Å². The number of aromatic nitrogens is 2. The highest BCUT2D eigenvalue weighted by Gasteiger charge is 2.13. The van der Waals surface area contributed by atoms with Gasteiger partial charge in [0.1, 0.15) is 5.82 Å². The van der Waals surface area contributed by atoms with Crippen molar-refractivity contribution >= 4 is 29.0 Å². The molecule has 0 aliphatic heterocycles. The van der Waals surface area contributed by atoms with Gasteiger partial charge in [0.15, 0.2) is 11.6 Å². The lowest BCUT2D eigenvalue weighted by molar-refractivity contribution is 0.0697. The van der Waals surface area contributed by atoms with E-state index in [4.69, 9.17) is 0 Å². The van der Waals surface area contributed by atoms with Crippen LogP contribution < -0.4 is 5.56 Å². The number of carboxylic acids is 1. The molecule has 0 bridgehead atoms. The molecule has 0 saturated heterocycles. The van der Waals surface area contributed by atoms with E-state index in [1.807, 2.05) is 0 Å². The largest absolute Gasteiger partial charge is 0.478 e. The van der Waals surface area contributed by atoms with Crippen molar-refractivity contribution < 1.29 is 18.7 Å². The minimum atomic E-state index is -1.13. The molecular formula is C23H14F2N2O3. The molecule has 3 aromatic carbocycles. The fourth-order valence-corrected chi connectivity index (χ4v) is 3.08. The first kappa shape index (κ1) is 19.2. The maximum absolute atomic E-state index is 13.5. The Balaban J connectivity index is 1.93. The highest BCUT2D eigenvalue weighted by atomic mass is 19.2. The van der Waals surface area contributed by atoms with Crippen molar-refractivity contribution in [2.24, 2.45) is 0 Å². The maximum atomic E-state index is 13.5. The van der Waals surface area contributed by atoms with Gasteiger partial charge in [0.2, 0.25) is 0 Å². The molecule has 4 aromatic rings. The number of benzene rings is 3. The van der Waals surface area contributed by atoms with Gasteiger partial charge in [-0.2, -0.15) is 0 Å². The molecule has 0 aliphatic rings. The van der Waals surface area contributed by atoms with Crippen LogP contribution in [0.25, 0.3) is 28.7 Å². The number of fused-ring (bicyclic) bond motifs is 1. The van der Waals surface area contributed by atoms with E-state index >= 15 is 0 Å². The van der Waals surface area contributed by atoms with Crippen LogP contribution in [0.1, 0.15) is 21.7 Å². The molecule has 0 unspecified atom stereocenters. The monoisotopic (exact) mass is 404 g/mol. The van der Waals surface area contributed by atoms with Crippen molar-refractivity contribution in [2.75, 3.05) is 0 Å². The molecule has 5 nitrogen and oxygen atoms in total. The summed E-state index contributed by atoms with van der Waals surface area (Å²) in [7, 11) is 0. The average Bonchev–Trinajstić information content (AvgIpc) is 2.75. The molecule has 1 N–H and O–H groups in total. The second-order valence-electron chi connectivity index (χ2n) is 6.49. The third kappa shape index (κ3) is 3.60. The van der Waals surface area contributed by atoms with Crippen molar-refractivity contribution in [3.63, 3.8) is 0 Å². The maximum Gasteiger partial charge on any atom is 0.335 e. The van der Waals surface area contributed by atoms with Crippen LogP contribution in [0, 0.1) is 11.6 Å². The quantitative estimate of drug-likeness (QED) is 0.542. The third-order valence-electron chi connectivity index (χ3n) is 4.52. The Morgan fingerprint density at radius 3 is 2.50 bits per heavy atom. The zero-order chi connectivity index (χ0) is 21.3. The Hall–Kier alpha value is -4.13. The summed E-state index contributed by atoms with van der Waals surface area (Å²) in [6, 6.07) is 16.1. The Morgan fingerprint density at radius 2 is 1.73 bits per heavy atom. The van der Waals surface area contributed by atoms with Crippen LogP contribution in [-0.2, 0) is 0 Å². The summed E-state index contributed by atoms with van der Waals surface area (Å²) in [5.41, 5.74) is 0.791. The third-order valence-corrected chi connectivity index (χ3v) is 4.52. The van der Waals surface area contributed by atoms with Gasteiger partial charge in [-0.3, -0.25) is 9.36 Å². The highest BCUT2D eigenvalue weighted by Crippen LogP contribution is 2.17. The number of carbonyl (C=O) groups is 1. The van der Waals surface area contributed by atoms with E-state index in [1.54, 1.807) is 30.3 Å². The average molecular weight is 404 g/mol. The molecule has 0 fully saturated rings. The first-order chi connectivity index (χ1) is 14.4. The van der Waals surface area contributed by atoms with Crippen molar-refractivity contribution in [3.05, 3.63) is 106 Å². The smallest absolute Gasteiger partial charge is 0.335 e. The van der Waals surface area contributed by atoms with E-state index in [9.17, 15) is 23.5 Å². The number of hydrogen-bond donors (Lipinski definition) is 1. The molecule has 0 spiro atoms. The summed E-state index contributed by atoms with van der Waals surface area (Å²) in [4.78, 5) is 29.0. The van der Waals surface area contributed by atoms with Gasteiger partial charge in [-0.15, -0.1) is 0 Å². The molecule has 0 radical (unpaired) electrons. The number of halogens is 2. The zero-order valence-corrected chi connectivity index (χ0v) is 15.4. The predicted octanol–water partition coefficient (Wildman–Crippen LogP) is 4.53. The summed E-state index contributed by atoms with van der Waals surface area (Å²) < 4.78 is 28.0. The van der Waals surface area contributed by atoms with Crippen LogP contribution in [0.4, 0.5) is 8.78 Å². The fraction of sp³-hybridized carbons (Fsp3) is 0. The first-order valence-corrected chi connectivity index (χ1v) is 8.93. The van der Waals surface area contributed by atoms with Gasteiger partial charge in [0, 0.05) is 0 Å². The first-order valence-electron chi connectivity index (χ1n) is 8.93. The lowest BCUT2D eigenvalue weighted by Crippen LogP contribution is -2.22. The number of hydrogen-bond acceptors (Lipinski definition) is 3. The van der Waals surface area contributed by atoms with E-state index in [-0.39, 0.29) is 16.9 Å². The molecule has 30 heavy (non-hydrogen) atoms. The minimum Gasteiger partial charge on any atom is -0.478 e. The van der Waals surface area contributed by atoms with Crippen LogP contribution in [0.2, 0.25) is 0 Å². The number of para-hydroxylation sites is 1. The summed E-state index contributed by atoms with van der Waals surface area (Å²) >= 11 is 0. The van der Waals surface area contributed by atoms with Crippen molar-refractivity contribution in [1.82, 2.24) is 9.55 Å². The molecule has 0 saturated carbocycles. The molecule has 0 aliphatic carbocycles. The molecule has 148 valence electrons. The van der Waals surface area contributed by atoms with E-state index in [2.05, 4.69) is 4.98 Å².